The highest BCUT2D eigenvalue weighted by molar-refractivity contribution is 7.84. The van der Waals surface area contributed by atoms with Gasteiger partial charge in [0.05, 0.1) is 6.04 Å². The summed E-state index contributed by atoms with van der Waals surface area (Å²) in [7, 11) is -0.945. The van der Waals surface area contributed by atoms with Crippen molar-refractivity contribution in [2.45, 2.75) is 25.9 Å². The molecule has 0 fully saturated rings. The Bertz CT molecular complexity index is 511. The third-order valence-corrected chi connectivity index (χ3v) is 4.17. The van der Waals surface area contributed by atoms with Crippen LogP contribution in [0.2, 0.25) is 10.0 Å². The van der Waals surface area contributed by atoms with E-state index < -0.39 is 10.8 Å². The minimum atomic E-state index is -0.945. The van der Waals surface area contributed by atoms with Crippen LogP contribution < -0.4 is 10.6 Å². The van der Waals surface area contributed by atoms with E-state index in [9.17, 15) is 9.00 Å². The molecule has 1 aromatic rings. The second-order valence-electron chi connectivity index (χ2n) is 4.65. The van der Waals surface area contributed by atoms with Gasteiger partial charge in [0.2, 0.25) is 0 Å². The highest BCUT2D eigenvalue weighted by Crippen LogP contribution is 2.25. The van der Waals surface area contributed by atoms with Gasteiger partial charge < -0.3 is 10.6 Å². The zero-order chi connectivity index (χ0) is 15.3. The lowest BCUT2D eigenvalue weighted by Gasteiger charge is -2.19. The molecule has 3 atom stereocenters. The van der Waals surface area contributed by atoms with Gasteiger partial charge in [-0.25, -0.2) is 4.79 Å². The fourth-order valence-corrected chi connectivity index (χ4v) is 3.15. The van der Waals surface area contributed by atoms with Gasteiger partial charge in [-0.15, -0.1) is 0 Å². The molecule has 20 heavy (non-hydrogen) atoms. The molecule has 0 saturated carbocycles. The van der Waals surface area contributed by atoms with Crippen molar-refractivity contribution in [2.75, 3.05) is 12.0 Å². The molecule has 2 amide bonds. The Hall–Kier alpha value is -0.780. The molecule has 2 N–H and O–H groups in total. The van der Waals surface area contributed by atoms with Crippen molar-refractivity contribution < 1.29 is 9.00 Å². The van der Waals surface area contributed by atoms with E-state index in [1.54, 1.807) is 31.4 Å². The van der Waals surface area contributed by atoms with E-state index >= 15 is 0 Å². The van der Waals surface area contributed by atoms with Crippen molar-refractivity contribution in [3.8, 4) is 0 Å². The number of nitrogens with one attached hydrogen (secondary N) is 2. The Labute approximate surface area is 131 Å². The van der Waals surface area contributed by atoms with Gasteiger partial charge in [0.1, 0.15) is 0 Å². The topological polar surface area (TPSA) is 58.2 Å². The second-order valence-corrected chi connectivity index (χ2v) is 6.97. The minimum Gasteiger partial charge on any atom is -0.335 e. The number of amides is 2. The molecule has 0 radical (unpaired) electrons. The highest BCUT2D eigenvalue weighted by atomic mass is 35.5. The van der Waals surface area contributed by atoms with E-state index in [4.69, 9.17) is 23.2 Å². The maximum absolute atomic E-state index is 11.8. The normalized spacial score (nSPS) is 15.2. The molecular weight excluding hydrogens is 319 g/mol. The summed E-state index contributed by atoms with van der Waals surface area (Å²) in [6.07, 6.45) is 1.60. The first kappa shape index (κ1) is 17.3. The molecule has 112 valence electrons. The standard InChI is InChI=1S/C13H18Cl2N2O2S/c1-8(7-20(3)19)16-13(18)17-9(2)11-5-4-10(14)6-12(11)15/h4-6,8-9H,7H2,1-3H3,(H2,16,17,18)/t8-,9-,20+/m0/s1. The molecular formula is C13H18Cl2N2O2S. The van der Waals surface area contributed by atoms with Gasteiger partial charge in [-0.3, -0.25) is 4.21 Å². The van der Waals surface area contributed by atoms with E-state index in [0.717, 1.165) is 5.56 Å². The first-order valence-corrected chi connectivity index (χ1v) is 8.60. The Morgan fingerprint density at radius 1 is 1.30 bits per heavy atom. The summed E-state index contributed by atoms with van der Waals surface area (Å²) in [4.78, 5) is 11.8. The van der Waals surface area contributed by atoms with Crippen LogP contribution in [0.1, 0.15) is 25.5 Å². The quantitative estimate of drug-likeness (QED) is 0.867. The SMILES string of the molecule is C[C@H](NC(=O)N[C@@H](C)C[S@@](C)=O)c1ccc(Cl)cc1Cl. The predicted molar refractivity (Wildman–Crippen MR) is 84.9 cm³/mol. The van der Waals surface area contributed by atoms with E-state index in [0.29, 0.717) is 15.8 Å². The summed E-state index contributed by atoms with van der Waals surface area (Å²) >= 11 is 11.9. The van der Waals surface area contributed by atoms with Gasteiger partial charge in [-0.2, -0.15) is 0 Å². The maximum atomic E-state index is 11.8. The lowest BCUT2D eigenvalue weighted by atomic mass is 10.1. The van der Waals surface area contributed by atoms with Crippen molar-refractivity contribution in [3.63, 3.8) is 0 Å². The lowest BCUT2D eigenvalue weighted by Crippen LogP contribution is -2.43. The van der Waals surface area contributed by atoms with Gasteiger partial charge in [0, 0.05) is 38.9 Å². The summed E-state index contributed by atoms with van der Waals surface area (Å²) in [5, 5.41) is 6.57. The largest absolute Gasteiger partial charge is 0.335 e. The van der Waals surface area contributed by atoms with Crippen LogP contribution >= 0.6 is 23.2 Å². The molecule has 0 aliphatic carbocycles. The molecule has 0 heterocycles. The van der Waals surface area contributed by atoms with Crippen LogP contribution in [0.15, 0.2) is 18.2 Å². The lowest BCUT2D eigenvalue weighted by molar-refractivity contribution is 0.235. The number of hydrogen-bond donors (Lipinski definition) is 2. The van der Waals surface area contributed by atoms with Crippen LogP contribution in [-0.2, 0) is 10.8 Å². The average molecular weight is 337 g/mol. The predicted octanol–water partition coefficient (Wildman–Crippen LogP) is 3.12. The molecule has 0 aliphatic rings. The van der Waals surface area contributed by atoms with Crippen LogP contribution in [0.3, 0.4) is 0 Å². The van der Waals surface area contributed by atoms with Crippen LogP contribution in [0, 0.1) is 0 Å². The summed E-state index contributed by atoms with van der Waals surface area (Å²) in [5.41, 5.74) is 0.790. The summed E-state index contributed by atoms with van der Waals surface area (Å²) in [5.74, 6) is 0.420. The summed E-state index contributed by atoms with van der Waals surface area (Å²) in [6, 6.07) is 4.41. The maximum Gasteiger partial charge on any atom is 0.315 e. The van der Waals surface area contributed by atoms with Crippen molar-refractivity contribution in [2.24, 2.45) is 0 Å². The molecule has 1 aromatic carbocycles. The number of carbonyl (C=O) groups excluding carboxylic acids is 1. The molecule has 0 aliphatic heterocycles. The van der Waals surface area contributed by atoms with Gasteiger partial charge in [0.25, 0.3) is 0 Å². The van der Waals surface area contributed by atoms with Crippen LogP contribution in [-0.4, -0.2) is 28.3 Å². The molecule has 0 spiro atoms. The van der Waals surface area contributed by atoms with E-state index in [-0.39, 0.29) is 18.1 Å². The Morgan fingerprint density at radius 3 is 2.50 bits per heavy atom. The van der Waals surface area contributed by atoms with Crippen LogP contribution in [0.5, 0.6) is 0 Å². The molecule has 1 rings (SSSR count). The highest BCUT2D eigenvalue weighted by Gasteiger charge is 2.14. The van der Waals surface area contributed by atoms with Gasteiger partial charge >= 0.3 is 6.03 Å². The number of halogens is 2. The third-order valence-electron chi connectivity index (χ3n) is 2.64. The zero-order valence-corrected chi connectivity index (χ0v) is 13.9. The second kappa shape index (κ2) is 7.86. The molecule has 7 heteroatoms. The third kappa shape index (κ3) is 5.69. The molecule has 0 bridgehead atoms. The van der Waals surface area contributed by atoms with Gasteiger partial charge in [0.15, 0.2) is 0 Å². The van der Waals surface area contributed by atoms with Crippen molar-refractivity contribution >= 4 is 40.0 Å². The Kier molecular flexibility index (Phi) is 6.79. The number of carbonyl (C=O) groups is 1. The first-order valence-electron chi connectivity index (χ1n) is 6.11. The van der Waals surface area contributed by atoms with E-state index in [2.05, 4.69) is 10.6 Å². The molecule has 0 saturated heterocycles. The van der Waals surface area contributed by atoms with Crippen molar-refractivity contribution in [3.05, 3.63) is 33.8 Å². The van der Waals surface area contributed by atoms with Crippen LogP contribution in [0.4, 0.5) is 4.79 Å². The minimum absolute atomic E-state index is 0.159. The van der Waals surface area contributed by atoms with Crippen molar-refractivity contribution in [1.29, 1.82) is 0 Å². The average Bonchev–Trinajstić information content (AvgIpc) is 2.26. The summed E-state index contributed by atoms with van der Waals surface area (Å²) < 4.78 is 11.1. The van der Waals surface area contributed by atoms with Gasteiger partial charge in [-0.05, 0) is 31.5 Å². The number of urea groups is 1. The van der Waals surface area contributed by atoms with Gasteiger partial charge in [-0.1, -0.05) is 29.3 Å². The zero-order valence-electron chi connectivity index (χ0n) is 11.6. The monoisotopic (exact) mass is 336 g/mol. The fraction of sp³-hybridized carbons (Fsp3) is 0.462. The number of hydrogen-bond acceptors (Lipinski definition) is 2. The first-order chi connectivity index (χ1) is 9.29. The van der Waals surface area contributed by atoms with E-state index in [1.807, 2.05) is 6.92 Å². The van der Waals surface area contributed by atoms with Crippen molar-refractivity contribution in [1.82, 2.24) is 10.6 Å². The summed E-state index contributed by atoms with van der Waals surface area (Å²) in [6.45, 7) is 3.64. The van der Waals surface area contributed by atoms with E-state index in [1.165, 1.54) is 0 Å². The Morgan fingerprint density at radius 2 is 1.95 bits per heavy atom. The smallest absolute Gasteiger partial charge is 0.315 e. The van der Waals surface area contributed by atoms with Crippen LogP contribution in [0.25, 0.3) is 0 Å². The number of rotatable bonds is 5. The Balaban J connectivity index is 2.59. The molecule has 0 unspecified atom stereocenters. The molecule has 4 nitrogen and oxygen atoms in total. The fourth-order valence-electron chi connectivity index (χ4n) is 1.79. The molecule has 0 aromatic heterocycles. The number of benzene rings is 1.